The van der Waals surface area contributed by atoms with Crippen molar-refractivity contribution in [3.8, 4) is 0 Å². The molecule has 3 rings (SSSR count). The van der Waals surface area contributed by atoms with Gasteiger partial charge < -0.3 is 10.3 Å². The van der Waals surface area contributed by atoms with Crippen molar-refractivity contribution in [2.24, 2.45) is 0 Å². The maximum absolute atomic E-state index is 12.5. The predicted molar refractivity (Wildman–Crippen MR) is 108 cm³/mol. The van der Waals surface area contributed by atoms with Gasteiger partial charge in [-0.1, -0.05) is 44.5 Å². The first-order valence-corrected chi connectivity index (χ1v) is 8.88. The number of aromatic amines is 1. The highest BCUT2D eigenvalue weighted by molar-refractivity contribution is 6.48. The number of Topliss-reactive ketones (excluding diaryl/α,β-unsaturated/α-hetero) is 1. The molecule has 1 amide bonds. The number of ketones is 1. The van der Waals surface area contributed by atoms with Gasteiger partial charge in [-0.05, 0) is 49.6 Å². The number of carbonyl (C=O) groups excluding carboxylic acids is 2. The number of aromatic nitrogens is 1. The number of hydrogen-bond donors (Lipinski definition) is 2. The molecule has 0 unspecified atom stereocenters. The maximum atomic E-state index is 12.5. The number of nitrogens with one attached hydrogen (secondary N) is 2. The quantitative estimate of drug-likeness (QED) is 0.495. The summed E-state index contributed by atoms with van der Waals surface area (Å²) in [4.78, 5) is 27.8. The number of anilines is 1. The van der Waals surface area contributed by atoms with Gasteiger partial charge in [0, 0.05) is 22.8 Å². The van der Waals surface area contributed by atoms with Crippen molar-refractivity contribution in [3.05, 3.63) is 64.8 Å². The number of fused-ring (bicyclic) bond motifs is 1. The van der Waals surface area contributed by atoms with E-state index in [2.05, 4.69) is 24.1 Å². The van der Waals surface area contributed by atoms with E-state index in [1.807, 2.05) is 57.2 Å². The second-order valence-corrected chi connectivity index (χ2v) is 6.49. The molecule has 2 N–H and O–H groups in total. The lowest BCUT2D eigenvalue weighted by Crippen LogP contribution is -2.23. The van der Waals surface area contributed by atoms with Crippen LogP contribution in [-0.2, 0) is 4.79 Å². The molecule has 0 radical (unpaired) electrons. The summed E-state index contributed by atoms with van der Waals surface area (Å²) in [6, 6.07) is 11.3. The first kappa shape index (κ1) is 19.4. The van der Waals surface area contributed by atoms with Crippen LogP contribution in [0.15, 0.2) is 42.6 Å². The van der Waals surface area contributed by atoms with E-state index in [9.17, 15) is 9.59 Å². The van der Waals surface area contributed by atoms with E-state index in [4.69, 9.17) is 0 Å². The van der Waals surface area contributed by atoms with E-state index in [1.54, 1.807) is 6.20 Å². The molecule has 0 saturated carbocycles. The van der Waals surface area contributed by atoms with Gasteiger partial charge >= 0.3 is 0 Å². The number of carbonyl (C=O) groups is 2. The van der Waals surface area contributed by atoms with Crippen LogP contribution >= 0.6 is 0 Å². The highest BCUT2D eigenvalue weighted by Crippen LogP contribution is 2.22. The fraction of sp³-hybridized carbons (Fsp3) is 0.273. The molecule has 136 valence electrons. The van der Waals surface area contributed by atoms with Crippen LogP contribution in [0.5, 0.6) is 0 Å². The number of aryl methyl sites for hydroxylation is 3. The molecular weight excluding hydrogens is 324 g/mol. The Morgan fingerprint density at radius 2 is 1.58 bits per heavy atom. The summed E-state index contributed by atoms with van der Waals surface area (Å²) in [5.74, 6) is -1.17. The van der Waals surface area contributed by atoms with Crippen molar-refractivity contribution in [1.29, 1.82) is 0 Å². The van der Waals surface area contributed by atoms with Crippen LogP contribution in [0.3, 0.4) is 0 Å². The van der Waals surface area contributed by atoms with Gasteiger partial charge in [0.25, 0.3) is 11.7 Å². The number of para-hydroxylation sites is 1. The Morgan fingerprint density at radius 3 is 2.27 bits per heavy atom. The minimum Gasteiger partial charge on any atom is -0.360 e. The average molecular weight is 350 g/mol. The van der Waals surface area contributed by atoms with Gasteiger partial charge in [0.15, 0.2) is 0 Å². The van der Waals surface area contributed by atoms with Crippen LogP contribution in [0.1, 0.15) is 47.3 Å². The van der Waals surface area contributed by atoms with Gasteiger partial charge in [-0.25, -0.2) is 0 Å². The second kappa shape index (κ2) is 8.48. The summed E-state index contributed by atoms with van der Waals surface area (Å²) in [5, 5.41) is 3.48. The van der Waals surface area contributed by atoms with E-state index < -0.39 is 11.7 Å². The smallest absolute Gasteiger partial charge is 0.296 e. The number of H-pyrrole nitrogens is 1. The maximum Gasteiger partial charge on any atom is 0.296 e. The Labute approximate surface area is 154 Å². The van der Waals surface area contributed by atoms with Crippen molar-refractivity contribution < 1.29 is 9.59 Å². The molecule has 1 heterocycles. The number of benzene rings is 2. The Kier molecular flexibility index (Phi) is 6.34. The molecule has 0 fully saturated rings. The lowest BCUT2D eigenvalue weighted by atomic mass is 10.0. The summed E-state index contributed by atoms with van der Waals surface area (Å²) in [7, 11) is 0. The third-order valence-corrected chi connectivity index (χ3v) is 4.13. The molecule has 0 aliphatic heterocycles. The molecular formula is C22H26N2O2. The zero-order valence-corrected chi connectivity index (χ0v) is 16.1. The molecule has 0 saturated heterocycles. The number of amides is 1. The predicted octanol–water partition coefficient (Wildman–Crippen LogP) is 5.33. The van der Waals surface area contributed by atoms with E-state index in [-0.39, 0.29) is 0 Å². The summed E-state index contributed by atoms with van der Waals surface area (Å²) in [6.07, 6.45) is 2.83. The molecule has 0 spiro atoms. The number of hydrogen-bond acceptors (Lipinski definition) is 2. The van der Waals surface area contributed by atoms with Gasteiger partial charge in [0.1, 0.15) is 0 Å². The highest BCUT2D eigenvalue weighted by Gasteiger charge is 2.20. The first-order chi connectivity index (χ1) is 12.4. The monoisotopic (exact) mass is 350 g/mol. The first-order valence-electron chi connectivity index (χ1n) is 8.88. The van der Waals surface area contributed by atoms with Crippen LogP contribution in [-0.4, -0.2) is 16.7 Å². The van der Waals surface area contributed by atoms with E-state index >= 15 is 0 Å². The van der Waals surface area contributed by atoms with Crippen LogP contribution in [0.4, 0.5) is 5.69 Å². The van der Waals surface area contributed by atoms with Gasteiger partial charge in [0.05, 0.1) is 5.56 Å². The third kappa shape index (κ3) is 4.20. The third-order valence-electron chi connectivity index (χ3n) is 4.13. The summed E-state index contributed by atoms with van der Waals surface area (Å²) in [6.45, 7) is 10.2. The summed E-state index contributed by atoms with van der Waals surface area (Å²) >= 11 is 0. The molecule has 0 bridgehead atoms. The molecule has 0 aliphatic rings. The normalized spacial score (nSPS) is 10.2. The van der Waals surface area contributed by atoms with Crippen LogP contribution < -0.4 is 5.32 Å². The van der Waals surface area contributed by atoms with Crippen molar-refractivity contribution in [3.63, 3.8) is 0 Å². The zero-order chi connectivity index (χ0) is 19.3. The SMILES string of the molecule is CCC.Cc1cc(C)c(NC(=O)C(=O)c2c[nH]c3ccccc23)cc1C. The van der Waals surface area contributed by atoms with Gasteiger partial charge in [-0.3, -0.25) is 9.59 Å². The zero-order valence-electron chi connectivity index (χ0n) is 16.1. The minimum atomic E-state index is -0.624. The lowest BCUT2D eigenvalue weighted by Gasteiger charge is -2.10. The molecule has 2 aromatic carbocycles. The number of rotatable bonds is 3. The topological polar surface area (TPSA) is 62.0 Å². The molecule has 3 aromatic rings. The Hall–Kier alpha value is -2.88. The van der Waals surface area contributed by atoms with Gasteiger partial charge in [-0.15, -0.1) is 0 Å². The van der Waals surface area contributed by atoms with Crippen LogP contribution in [0.2, 0.25) is 0 Å². The standard InChI is InChI=1S/C19H18N2O2.C3H8/c1-11-8-13(3)17(9-12(11)2)21-19(23)18(22)15-10-20-16-7-5-4-6-14(15)16;1-3-2/h4-10,20H,1-3H3,(H,21,23);3H2,1-2H3. The lowest BCUT2D eigenvalue weighted by molar-refractivity contribution is -0.112. The van der Waals surface area contributed by atoms with E-state index in [0.29, 0.717) is 11.3 Å². The van der Waals surface area contributed by atoms with Crippen LogP contribution in [0.25, 0.3) is 10.9 Å². The van der Waals surface area contributed by atoms with Crippen LogP contribution in [0, 0.1) is 20.8 Å². The van der Waals surface area contributed by atoms with Crippen molar-refractivity contribution >= 4 is 28.3 Å². The average Bonchev–Trinajstić information content (AvgIpc) is 3.03. The van der Waals surface area contributed by atoms with E-state index in [0.717, 1.165) is 27.6 Å². The van der Waals surface area contributed by atoms with Crippen molar-refractivity contribution in [2.45, 2.75) is 41.0 Å². The minimum absolute atomic E-state index is 0.389. The highest BCUT2D eigenvalue weighted by atomic mass is 16.2. The second-order valence-electron chi connectivity index (χ2n) is 6.49. The molecule has 1 aromatic heterocycles. The Morgan fingerprint density at radius 1 is 0.962 bits per heavy atom. The Bertz CT molecular complexity index is 938. The molecule has 4 heteroatoms. The fourth-order valence-electron chi connectivity index (χ4n) is 2.66. The molecule has 0 aliphatic carbocycles. The van der Waals surface area contributed by atoms with Gasteiger partial charge in [0.2, 0.25) is 0 Å². The summed E-state index contributed by atoms with van der Waals surface area (Å²) in [5.41, 5.74) is 5.07. The molecule has 4 nitrogen and oxygen atoms in total. The van der Waals surface area contributed by atoms with Gasteiger partial charge in [-0.2, -0.15) is 0 Å². The summed E-state index contributed by atoms with van der Waals surface area (Å²) < 4.78 is 0. The molecule has 0 atom stereocenters. The fourth-order valence-corrected chi connectivity index (χ4v) is 2.66. The molecule has 26 heavy (non-hydrogen) atoms. The van der Waals surface area contributed by atoms with Crippen molar-refractivity contribution in [2.75, 3.05) is 5.32 Å². The van der Waals surface area contributed by atoms with Crippen molar-refractivity contribution in [1.82, 2.24) is 4.98 Å². The van der Waals surface area contributed by atoms with E-state index in [1.165, 1.54) is 6.42 Å². The Balaban J connectivity index is 0.000000758. The largest absolute Gasteiger partial charge is 0.360 e.